The van der Waals surface area contributed by atoms with Gasteiger partial charge in [0.25, 0.3) is 0 Å². The molecule has 1 saturated heterocycles. The Morgan fingerprint density at radius 1 is 1.09 bits per heavy atom. The van der Waals surface area contributed by atoms with E-state index in [-0.39, 0.29) is 12.2 Å². The van der Waals surface area contributed by atoms with Gasteiger partial charge in [-0.15, -0.1) is 0 Å². The molecule has 0 spiro atoms. The van der Waals surface area contributed by atoms with E-state index in [1.165, 1.54) is 6.33 Å². The van der Waals surface area contributed by atoms with Gasteiger partial charge in [0.05, 0.1) is 5.69 Å². The number of halogens is 1. The number of ether oxygens (including phenoxy) is 2. The number of amides is 1. The van der Waals surface area contributed by atoms with E-state index in [0.717, 1.165) is 28.6 Å². The highest BCUT2D eigenvalue weighted by Gasteiger charge is 2.27. The van der Waals surface area contributed by atoms with Crippen molar-refractivity contribution in [3.05, 3.63) is 53.7 Å². The molecule has 1 aliphatic rings. The largest absolute Gasteiger partial charge is 0.474 e. The number of carbonyl (C=O) groups excluding carboxylic acids is 1. The van der Waals surface area contributed by atoms with Crippen molar-refractivity contribution >= 4 is 22.0 Å². The summed E-state index contributed by atoms with van der Waals surface area (Å²) in [6.07, 6.45) is 6.28. The molecule has 0 radical (unpaired) electrons. The summed E-state index contributed by atoms with van der Waals surface area (Å²) in [5.74, 6) is 1.18. The van der Waals surface area contributed by atoms with Crippen molar-refractivity contribution in [1.29, 1.82) is 0 Å². The van der Waals surface area contributed by atoms with Crippen LogP contribution < -0.4 is 4.74 Å². The van der Waals surface area contributed by atoms with Crippen LogP contribution in [0.1, 0.15) is 33.6 Å². The summed E-state index contributed by atoms with van der Waals surface area (Å²) < 4.78 is 14.4. The van der Waals surface area contributed by atoms with Crippen LogP contribution in [0.3, 0.4) is 0 Å². The Hall–Kier alpha value is -2.94. The summed E-state index contributed by atoms with van der Waals surface area (Å²) in [5.41, 5.74) is 1.38. The number of hydrogen-bond acceptors (Lipinski definition) is 6. The van der Waals surface area contributed by atoms with Gasteiger partial charge < -0.3 is 14.4 Å². The Morgan fingerprint density at radius 2 is 1.81 bits per heavy atom. The molecule has 0 saturated carbocycles. The van der Waals surface area contributed by atoms with Crippen LogP contribution >= 0.6 is 15.9 Å². The van der Waals surface area contributed by atoms with Gasteiger partial charge in [-0.25, -0.2) is 19.7 Å². The molecule has 8 nitrogen and oxygen atoms in total. The van der Waals surface area contributed by atoms with Gasteiger partial charge in [-0.2, -0.15) is 0 Å². The van der Waals surface area contributed by atoms with Crippen LogP contribution in [0.4, 0.5) is 4.79 Å². The Morgan fingerprint density at radius 3 is 2.50 bits per heavy atom. The second kappa shape index (κ2) is 9.28. The number of aromatic nitrogens is 4. The van der Waals surface area contributed by atoms with Crippen LogP contribution in [0, 0.1) is 0 Å². The number of benzene rings is 1. The third kappa shape index (κ3) is 5.64. The number of likely N-dealkylation sites (tertiary alicyclic amines) is 1. The molecule has 1 fully saturated rings. The second-order valence-electron chi connectivity index (χ2n) is 8.67. The Kier molecular flexibility index (Phi) is 6.45. The molecule has 0 unspecified atom stereocenters. The van der Waals surface area contributed by atoms with E-state index in [0.29, 0.717) is 24.8 Å². The monoisotopic (exact) mass is 499 g/mol. The normalized spacial score (nSPS) is 14.9. The van der Waals surface area contributed by atoms with Crippen molar-refractivity contribution in [2.24, 2.45) is 0 Å². The van der Waals surface area contributed by atoms with Crippen LogP contribution in [0.15, 0.2) is 53.7 Å². The van der Waals surface area contributed by atoms with Crippen LogP contribution in [0.5, 0.6) is 5.88 Å². The first kappa shape index (κ1) is 22.3. The van der Waals surface area contributed by atoms with Crippen molar-refractivity contribution < 1.29 is 14.3 Å². The first-order valence-corrected chi connectivity index (χ1v) is 11.3. The minimum atomic E-state index is -0.494. The highest BCUT2D eigenvalue weighted by Crippen LogP contribution is 2.23. The molecule has 3 heterocycles. The van der Waals surface area contributed by atoms with E-state index in [4.69, 9.17) is 9.47 Å². The van der Waals surface area contributed by atoms with Gasteiger partial charge in [0.1, 0.15) is 30.2 Å². The summed E-state index contributed by atoms with van der Waals surface area (Å²) in [6.45, 7) is 6.80. The van der Waals surface area contributed by atoms with Gasteiger partial charge >= 0.3 is 6.09 Å². The lowest BCUT2D eigenvalue weighted by Gasteiger charge is -2.33. The van der Waals surface area contributed by atoms with Gasteiger partial charge in [-0.05, 0) is 32.9 Å². The standard InChI is InChI=1S/C23H26BrN5O3/c1-23(2,3)32-22(30)28-10-8-18(9-11-28)31-21-12-20(25-14-26-21)29-13-19(27-15-29)16-4-6-17(24)7-5-16/h4-7,12-15,18H,8-11H2,1-3H3. The van der Waals surface area contributed by atoms with Crippen LogP contribution in [-0.4, -0.2) is 55.3 Å². The van der Waals surface area contributed by atoms with E-state index in [1.807, 2.05) is 55.8 Å². The molecule has 2 aromatic heterocycles. The van der Waals surface area contributed by atoms with E-state index in [1.54, 1.807) is 17.3 Å². The molecule has 32 heavy (non-hydrogen) atoms. The van der Waals surface area contributed by atoms with Gasteiger partial charge in [-0.3, -0.25) is 4.57 Å². The lowest BCUT2D eigenvalue weighted by Crippen LogP contribution is -2.44. The SMILES string of the molecule is CC(C)(C)OC(=O)N1CCC(Oc2cc(-n3cnc(-c4ccc(Br)cc4)c3)ncn2)CC1. The average Bonchev–Trinajstić information content (AvgIpc) is 3.24. The Bertz CT molecular complexity index is 1070. The topological polar surface area (TPSA) is 82.4 Å². The van der Waals surface area contributed by atoms with Crippen molar-refractivity contribution in [3.63, 3.8) is 0 Å². The van der Waals surface area contributed by atoms with Gasteiger partial charge in [0.2, 0.25) is 5.88 Å². The molecule has 168 valence electrons. The third-order valence-corrected chi connectivity index (χ3v) is 5.52. The highest BCUT2D eigenvalue weighted by molar-refractivity contribution is 9.10. The molecule has 0 bridgehead atoms. The maximum atomic E-state index is 12.2. The van der Waals surface area contributed by atoms with Crippen molar-refractivity contribution in [3.8, 4) is 23.0 Å². The molecule has 0 N–H and O–H groups in total. The van der Waals surface area contributed by atoms with Crippen LogP contribution in [-0.2, 0) is 4.74 Å². The Balaban J connectivity index is 1.37. The maximum Gasteiger partial charge on any atom is 0.410 e. The number of rotatable bonds is 4. The molecule has 1 aromatic carbocycles. The lowest BCUT2D eigenvalue weighted by atomic mass is 10.1. The number of nitrogens with zero attached hydrogens (tertiary/aromatic N) is 5. The van der Waals surface area contributed by atoms with Gasteiger partial charge in [0.15, 0.2) is 0 Å². The quantitative estimate of drug-likeness (QED) is 0.509. The van der Waals surface area contributed by atoms with E-state index in [9.17, 15) is 4.79 Å². The molecule has 9 heteroatoms. The zero-order valence-electron chi connectivity index (χ0n) is 18.4. The van der Waals surface area contributed by atoms with Crippen LogP contribution in [0.25, 0.3) is 17.1 Å². The molecule has 1 amide bonds. The van der Waals surface area contributed by atoms with E-state index < -0.39 is 5.60 Å². The highest BCUT2D eigenvalue weighted by atomic mass is 79.9. The van der Waals surface area contributed by atoms with Crippen molar-refractivity contribution in [2.75, 3.05) is 13.1 Å². The minimum absolute atomic E-state index is 0.0162. The van der Waals surface area contributed by atoms with E-state index >= 15 is 0 Å². The van der Waals surface area contributed by atoms with E-state index in [2.05, 4.69) is 30.9 Å². The summed E-state index contributed by atoms with van der Waals surface area (Å²) in [7, 11) is 0. The molecule has 4 rings (SSSR count). The fourth-order valence-electron chi connectivity index (χ4n) is 3.41. The smallest absolute Gasteiger partial charge is 0.410 e. The zero-order valence-corrected chi connectivity index (χ0v) is 19.9. The lowest BCUT2D eigenvalue weighted by molar-refractivity contribution is 0.0123. The summed E-state index contributed by atoms with van der Waals surface area (Å²) in [6, 6.07) is 9.79. The van der Waals surface area contributed by atoms with Crippen LogP contribution in [0.2, 0.25) is 0 Å². The molecule has 0 aliphatic carbocycles. The molecular formula is C23H26BrN5O3. The predicted molar refractivity (Wildman–Crippen MR) is 124 cm³/mol. The Labute approximate surface area is 195 Å². The second-order valence-corrected chi connectivity index (χ2v) is 9.59. The fraction of sp³-hybridized carbons (Fsp3) is 0.391. The first-order chi connectivity index (χ1) is 15.3. The number of imidazole rings is 1. The molecular weight excluding hydrogens is 474 g/mol. The zero-order chi connectivity index (χ0) is 22.7. The van der Waals surface area contributed by atoms with Crippen molar-refractivity contribution in [1.82, 2.24) is 24.4 Å². The predicted octanol–water partition coefficient (Wildman–Crippen LogP) is 4.87. The molecule has 1 aliphatic heterocycles. The summed E-state index contributed by atoms with van der Waals surface area (Å²) in [5, 5.41) is 0. The number of carbonyl (C=O) groups is 1. The summed E-state index contributed by atoms with van der Waals surface area (Å²) in [4.78, 5) is 27.1. The number of hydrogen-bond donors (Lipinski definition) is 0. The third-order valence-electron chi connectivity index (χ3n) is 5.00. The average molecular weight is 500 g/mol. The van der Waals surface area contributed by atoms with Gasteiger partial charge in [-0.1, -0.05) is 28.1 Å². The van der Waals surface area contributed by atoms with Crippen molar-refractivity contribution in [2.45, 2.75) is 45.3 Å². The fourth-order valence-corrected chi connectivity index (χ4v) is 3.67. The maximum absolute atomic E-state index is 12.2. The minimum Gasteiger partial charge on any atom is -0.474 e. The molecule has 0 atom stereocenters. The first-order valence-electron chi connectivity index (χ1n) is 10.5. The number of piperidine rings is 1. The van der Waals surface area contributed by atoms with Gasteiger partial charge in [0, 0.05) is 48.2 Å². The molecule has 3 aromatic rings. The summed E-state index contributed by atoms with van der Waals surface area (Å²) >= 11 is 3.45.